The third-order valence-corrected chi connectivity index (χ3v) is 12.4. The molecule has 0 spiro atoms. The zero-order chi connectivity index (χ0) is 41.4. The Morgan fingerprint density at radius 3 is 1.56 bits per heavy atom. The molecule has 0 radical (unpaired) electrons. The van der Waals surface area contributed by atoms with Crippen LogP contribution in [0.25, 0.3) is 122 Å². The number of benzene rings is 9. The fourth-order valence-electron chi connectivity index (χ4n) is 9.57. The van der Waals surface area contributed by atoms with Gasteiger partial charge in [-0.05, 0) is 66.2 Å². The Kier molecular flexibility index (Phi) is 7.80. The minimum absolute atomic E-state index is 0.569. The van der Waals surface area contributed by atoms with Crippen LogP contribution in [0.5, 0.6) is 0 Å². The SMILES string of the molecule is c1ccc(-c2nc(-c3ccc4c(c3)oc3c(-c5ccccc5)cc(-n5c6ccccc6c6ccccc65)cc34)nc(-c3cccc4c3c3ccccc3n4-c3ccccc3)n2)cc1. The topological polar surface area (TPSA) is 61.7 Å². The zero-order valence-corrected chi connectivity index (χ0v) is 33.9. The van der Waals surface area contributed by atoms with E-state index in [0.29, 0.717) is 17.5 Å². The maximum absolute atomic E-state index is 6.94. The number of hydrogen-bond acceptors (Lipinski definition) is 4. The lowest BCUT2D eigenvalue weighted by molar-refractivity contribution is 0.670. The monoisotopic (exact) mass is 805 g/mol. The summed E-state index contributed by atoms with van der Waals surface area (Å²) in [6.45, 7) is 0. The molecule has 6 nitrogen and oxygen atoms in total. The summed E-state index contributed by atoms with van der Waals surface area (Å²) in [5.74, 6) is 1.78. The fourth-order valence-corrected chi connectivity index (χ4v) is 9.57. The zero-order valence-electron chi connectivity index (χ0n) is 33.9. The molecule has 0 saturated carbocycles. The van der Waals surface area contributed by atoms with Gasteiger partial charge in [-0.15, -0.1) is 0 Å². The standard InChI is InChI=1S/C57H35N5O/c1-4-17-36(18-5-1)46-34-40(62-48-27-13-10-23-41(48)42-24-11-14-28-49(42)62)35-47-43-32-31-38(33-52(43)63-54(46)47)56-58-55(37-19-6-2-7-20-37)59-57(60-56)45-26-16-30-51-53(45)44-25-12-15-29-50(44)61(51)39-21-8-3-9-22-39/h1-35H. The largest absolute Gasteiger partial charge is 0.455 e. The second-order valence-electron chi connectivity index (χ2n) is 16.0. The Bertz CT molecular complexity index is 3850. The summed E-state index contributed by atoms with van der Waals surface area (Å²) < 4.78 is 11.6. The highest BCUT2D eigenvalue weighted by atomic mass is 16.3. The molecule has 294 valence electrons. The molecular weight excluding hydrogens is 771 g/mol. The summed E-state index contributed by atoms with van der Waals surface area (Å²) in [5, 5.41) is 6.73. The first-order chi connectivity index (χ1) is 31.2. The normalized spacial score (nSPS) is 11.8. The molecule has 0 fully saturated rings. The van der Waals surface area contributed by atoms with Gasteiger partial charge in [0.2, 0.25) is 0 Å². The van der Waals surface area contributed by atoms with Crippen molar-refractivity contribution in [1.82, 2.24) is 24.1 Å². The van der Waals surface area contributed by atoms with Crippen LogP contribution in [-0.4, -0.2) is 24.1 Å². The summed E-state index contributed by atoms with van der Waals surface area (Å²) in [5.41, 5.74) is 13.1. The number of rotatable bonds is 6. The van der Waals surface area contributed by atoms with Crippen molar-refractivity contribution < 1.29 is 4.42 Å². The average molecular weight is 806 g/mol. The van der Waals surface area contributed by atoms with E-state index in [0.717, 1.165) is 94.0 Å². The fraction of sp³-hybridized carbons (Fsp3) is 0. The first kappa shape index (κ1) is 35.2. The van der Waals surface area contributed by atoms with Crippen LogP contribution in [0.1, 0.15) is 0 Å². The summed E-state index contributed by atoms with van der Waals surface area (Å²) >= 11 is 0. The Morgan fingerprint density at radius 2 is 0.857 bits per heavy atom. The van der Waals surface area contributed by atoms with E-state index in [1.54, 1.807) is 0 Å². The molecule has 0 amide bonds. The lowest BCUT2D eigenvalue weighted by atomic mass is 10.0. The van der Waals surface area contributed by atoms with E-state index in [9.17, 15) is 0 Å². The quantitative estimate of drug-likeness (QED) is 0.168. The minimum Gasteiger partial charge on any atom is -0.455 e. The maximum atomic E-state index is 6.94. The molecule has 9 aromatic carbocycles. The number of aromatic nitrogens is 5. The highest BCUT2D eigenvalue weighted by Gasteiger charge is 2.22. The molecule has 4 heterocycles. The summed E-state index contributed by atoms with van der Waals surface area (Å²) in [4.78, 5) is 15.6. The molecule has 0 N–H and O–H groups in total. The van der Waals surface area contributed by atoms with Crippen LogP contribution >= 0.6 is 0 Å². The third kappa shape index (κ3) is 5.55. The predicted molar refractivity (Wildman–Crippen MR) is 258 cm³/mol. The Hall–Kier alpha value is -8.61. The van der Waals surface area contributed by atoms with Gasteiger partial charge < -0.3 is 13.6 Å². The van der Waals surface area contributed by atoms with Gasteiger partial charge in [0, 0.05) is 65.9 Å². The van der Waals surface area contributed by atoms with Gasteiger partial charge >= 0.3 is 0 Å². The maximum Gasteiger partial charge on any atom is 0.164 e. The summed E-state index contributed by atoms with van der Waals surface area (Å²) in [6.07, 6.45) is 0. The summed E-state index contributed by atoms with van der Waals surface area (Å²) in [7, 11) is 0. The summed E-state index contributed by atoms with van der Waals surface area (Å²) in [6, 6.07) is 74.3. The molecular formula is C57H35N5O. The molecule has 13 aromatic rings. The van der Waals surface area contributed by atoms with E-state index < -0.39 is 0 Å². The molecule has 0 saturated heterocycles. The number of nitrogens with zero attached hydrogens (tertiary/aromatic N) is 5. The third-order valence-electron chi connectivity index (χ3n) is 12.4. The molecule has 6 heteroatoms. The number of hydrogen-bond donors (Lipinski definition) is 0. The van der Waals surface area contributed by atoms with E-state index in [1.165, 1.54) is 10.8 Å². The smallest absolute Gasteiger partial charge is 0.164 e. The van der Waals surface area contributed by atoms with E-state index in [2.05, 4.69) is 191 Å². The van der Waals surface area contributed by atoms with Gasteiger partial charge in [-0.2, -0.15) is 0 Å². The van der Waals surface area contributed by atoms with Crippen LogP contribution in [-0.2, 0) is 0 Å². The van der Waals surface area contributed by atoms with E-state index in [4.69, 9.17) is 19.4 Å². The van der Waals surface area contributed by atoms with Crippen LogP contribution < -0.4 is 0 Å². The molecule has 63 heavy (non-hydrogen) atoms. The van der Waals surface area contributed by atoms with Crippen molar-refractivity contribution in [1.29, 1.82) is 0 Å². The van der Waals surface area contributed by atoms with Crippen LogP contribution in [0.3, 0.4) is 0 Å². The van der Waals surface area contributed by atoms with Crippen LogP contribution in [0, 0.1) is 0 Å². The first-order valence-electron chi connectivity index (χ1n) is 21.2. The van der Waals surface area contributed by atoms with Gasteiger partial charge in [0.1, 0.15) is 11.2 Å². The Balaban J connectivity index is 1.03. The lowest BCUT2D eigenvalue weighted by Crippen LogP contribution is -2.00. The van der Waals surface area contributed by atoms with Gasteiger partial charge in [-0.3, -0.25) is 0 Å². The van der Waals surface area contributed by atoms with Gasteiger partial charge in [0.25, 0.3) is 0 Å². The molecule has 0 bridgehead atoms. The minimum atomic E-state index is 0.569. The molecule has 0 atom stereocenters. The number of furan rings is 1. The van der Waals surface area contributed by atoms with E-state index in [1.807, 2.05) is 30.3 Å². The van der Waals surface area contributed by atoms with Crippen molar-refractivity contribution in [3.63, 3.8) is 0 Å². The first-order valence-corrected chi connectivity index (χ1v) is 21.2. The van der Waals surface area contributed by atoms with Crippen LogP contribution in [0.2, 0.25) is 0 Å². The molecule has 13 rings (SSSR count). The van der Waals surface area contributed by atoms with Gasteiger partial charge in [-0.1, -0.05) is 152 Å². The molecule has 0 unspecified atom stereocenters. The molecule has 0 aliphatic carbocycles. The lowest BCUT2D eigenvalue weighted by Gasteiger charge is -2.11. The van der Waals surface area contributed by atoms with E-state index >= 15 is 0 Å². The molecule has 0 aliphatic rings. The van der Waals surface area contributed by atoms with Gasteiger partial charge in [0.15, 0.2) is 17.5 Å². The van der Waals surface area contributed by atoms with Gasteiger partial charge in [-0.25, -0.2) is 15.0 Å². The van der Waals surface area contributed by atoms with E-state index in [-0.39, 0.29) is 0 Å². The second kappa shape index (κ2) is 14.0. The van der Waals surface area contributed by atoms with Crippen molar-refractivity contribution in [2.75, 3.05) is 0 Å². The average Bonchev–Trinajstić information content (AvgIpc) is 4.02. The highest BCUT2D eigenvalue weighted by molar-refractivity contribution is 6.16. The Labute approximate surface area is 361 Å². The van der Waals surface area contributed by atoms with Crippen molar-refractivity contribution in [2.24, 2.45) is 0 Å². The molecule has 4 aromatic heterocycles. The second-order valence-corrected chi connectivity index (χ2v) is 16.0. The Morgan fingerprint density at radius 1 is 0.317 bits per heavy atom. The number of para-hydroxylation sites is 4. The van der Waals surface area contributed by atoms with Crippen LogP contribution in [0.15, 0.2) is 217 Å². The highest BCUT2D eigenvalue weighted by Crippen LogP contribution is 2.42. The van der Waals surface area contributed by atoms with Crippen molar-refractivity contribution in [3.8, 4) is 56.7 Å². The molecule has 0 aliphatic heterocycles. The van der Waals surface area contributed by atoms with Crippen molar-refractivity contribution in [3.05, 3.63) is 212 Å². The predicted octanol–water partition coefficient (Wildman–Crippen LogP) is 14.6. The van der Waals surface area contributed by atoms with Crippen molar-refractivity contribution in [2.45, 2.75) is 0 Å². The van der Waals surface area contributed by atoms with Crippen molar-refractivity contribution >= 4 is 65.6 Å². The number of fused-ring (bicyclic) bond motifs is 9. The van der Waals surface area contributed by atoms with Crippen LogP contribution in [0.4, 0.5) is 0 Å². The van der Waals surface area contributed by atoms with Gasteiger partial charge in [0.05, 0.1) is 22.1 Å².